The highest BCUT2D eigenvalue weighted by Crippen LogP contribution is 2.32. The van der Waals surface area contributed by atoms with Gasteiger partial charge in [0.05, 0.1) is 5.88 Å². The van der Waals surface area contributed by atoms with Crippen molar-refractivity contribution in [1.29, 1.82) is 0 Å². The van der Waals surface area contributed by atoms with E-state index in [1.54, 1.807) is 16.7 Å². The quantitative estimate of drug-likeness (QED) is 0.889. The molecule has 1 heterocycles. The van der Waals surface area contributed by atoms with Gasteiger partial charge in [-0.05, 0) is 44.6 Å². The minimum Gasteiger partial charge on any atom is -0.324 e. The molecule has 24 heavy (non-hydrogen) atoms. The maximum Gasteiger partial charge on any atom is 0.248 e. The molecule has 0 bridgehead atoms. The highest BCUT2D eigenvalue weighted by molar-refractivity contribution is 7.99. The van der Waals surface area contributed by atoms with E-state index < -0.39 is 0 Å². The molecule has 1 aliphatic carbocycles. The van der Waals surface area contributed by atoms with Crippen LogP contribution in [0.3, 0.4) is 0 Å². The molecule has 0 radical (unpaired) electrons. The number of rotatable bonds is 5. The first kappa shape index (κ1) is 17.3. The van der Waals surface area contributed by atoms with Crippen molar-refractivity contribution < 1.29 is 9.59 Å². The van der Waals surface area contributed by atoms with Crippen LogP contribution >= 0.6 is 11.8 Å². The van der Waals surface area contributed by atoms with Crippen molar-refractivity contribution in [2.75, 3.05) is 31.0 Å². The number of amides is 2. The summed E-state index contributed by atoms with van der Waals surface area (Å²) in [7, 11) is 4.04. The van der Waals surface area contributed by atoms with E-state index in [1.807, 2.05) is 38.4 Å². The zero-order valence-corrected chi connectivity index (χ0v) is 15.1. The lowest BCUT2D eigenvalue weighted by Crippen LogP contribution is -2.47. The number of nitrogens with one attached hydrogen (secondary N) is 1. The fourth-order valence-electron chi connectivity index (χ4n) is 3.10. The smallest absolute Gasteiger partial charge is 0.248 e. The van der Waals surface area contributed by atoms with Crippen LogP contribution in [0.5, 0.6) is 0 Å². The number of hydrogen-bond acceptors (Lipinski definition) is 4. The first-order valence-electron chi connectivity index (χ1n) is 8.47. The Morgan fingerprint density at radius 3 is 2.79 bits per heavy atom. The van der Waals surface area contributed by atoms with E-state index in [0.717, 1.165) is 37.1 Å². The Bertz CT molecular complexity index is 616. The summed E-state index contributed by atoms with van der Waals surface area (Å²) in [5, 5.41) is 2.99. The van der Waals surface area contributed by atoms with Crippen molar-refractivity contribution in [3.8, 4) is 0 Å². The summed E-state index contributed by atoms with van der Waals surface area (Å²) in [5.41, 5.74) is 1.95. The van der Waals surface area contributed by atoms with Crippen molar-refractivity contribution in [3.05, 3.63) is 29.8 Å². The standard InChI is InChI=1S/C18H25N3O2S/c1-20(2)10-13-5-3-8-15(9-13)19-17(22)16-11-24-12-21(16)18(23)14-6-4-7-14/h3,5,8-9,14,16H,4,6-7,10-12H2,1-2H3,(H,19,22). The summed E-state index contributed by atoms with van der Waals surface area (Å²) in [6.07, 6.45) is 3.08. The normalized spacial score (nSPS) is 21.0. The lowest BCUT2D eigenvalue weighted by molar-refractivity contribution is -0.141. The van der Waals surface area contributed by atoms with Gasteiger partial charge >= 0.3 is 0 Å². The van der Waals surface area contributed by atoms with E-state index in [0.29, 0.717) is 11.6 Å². The Balaban J connectivity index is 1.64. The number of thioether (sulfide) groups is 1. The molecule has 1 N–H and O–H groups in total. The number of benzene rings is 1. The minimum absolute atomic E-state index is 0.0744. The molecule has 1 aliphatic heterocycles. The third kappa shape index (κ3) is 3.92. The lowest BCUT2D eigenvalue weighted by Gasteiger charge is -2.31. The first-order valence-corrected chi connectivity index (χ1v) is 9.63. The van der Waals surface area contributed by atoms with Crippen molar-refractivity contribution in [3.63, 3.8) is 0 Å². The fourth-order valence-corrected chi connectivity index (χ4v) is 4.27. The zero-order chi connectivity index (χ0) is 17.1. The van der Waals surface area contributed by atoms with Crippen LogP contribution in [-0.2, 0) is 16.1 Å². The van der Waals surface area contributed by atoms with E-state index >= 15 is 0 Å². The van der Waals surface area contributed by atoms with Gasteiger partial charge in [-0.3, -0.25) is 9.59 Å². The van der Waals surface area contributed by atoms with Gasteiger partial charge in [-0.2, -0.15) is 0 Å². The molecule has 2 amide bonds. The molecule has 3 rings (SSSR count). The molecule has 6 heteroatoms. The predicted octanol–water partition coefficient (Wildman–Crippen LogP) is 2.39. The molecule has 2 aliphatic rings. The van der Waals surface area contributed by atoms with Gasteiger partial charge in [0.1, 0.15) is 6.04 Å². The Labute approximate surface area is 147 Å². The van der Waals surface area contributed by atoms with Gasteiger partial charge < -0.3 is 15.1 Å². The number of carbonyl (C=O) groups is 2. The van der Waals surface area contributed by atoms with Crippen LogP contribution in [0, 0.1) is 5.92 Å². The summed E-state index contributed by atoms with van der Waals surface area (Å²) in [5.74, 6) is 1.54. The number of hydrogen-bond donors (Lipinski definition) is 1. The van der Waals surface area contributed by atoms with Gasteiger partial charge in [-0.15, -0.1) is 11.8 Å². The molecule has 1 saturated carbocycles. The summed E-state index contributed by atoms with van der Waals surface area (Å²) in [6.45, 7) is 0.829. The third-order valence-corrected chi connectivity index (χ3v) is 5.63. The highest BCUT2D eigenvalue weighted by Gasteiger charge is 2.39. The average molecular weight is 347 g/mol. The molecule has 5 nitrogen and oxygen atoms in total. The van der Waals surface area contributed by atoms with Crippen LogP contribution in [0.1, 0.15) is 24.8 Å². The zero-order valence-electron chi connectivity index (χ0n) is 14.3. The highest BCUT2D eigenvalue weighted by atomic mass is 32.2. The van der Waals surface area contributed by atoms with Crippen molar-refractivity contribution in [2.24, 2.45) is 5.92 Å². The minimum atomic E-state index is -0.347. The van der Waals surface area contributed by atoms with Gasteiger partial charge in [-0.1, -0.05) is 18.6 Å². The van der Waals surface area contributed by atoms with E-state index in [9.17, 15) is 9.59 Å². The molecular weight excluding hydrogens is 322 g/mol. The molecule has 1 aromatic rings. The molecular formula is C18H25N3O2S. The SMILES string of the molecule is CN(C)Cc1cccc(NC(=O)C2CSCN2C(=O)C2CCC2)c1. The van der Waals surface area contributed by atoms with Crippen LogP contribution in [-0.4, -0.2) is 53.4 Å². The summed E-state index contributed by atoms with van der Waals surface area (Å²) < 4.78 is 0. The molecule has 1 unspecified atom stereocenters. The van der Waals surface area contributed by atoms with Gasteiger partial charge in [0.2, 0.25) is 11.8 Å². The van der Waals surface area contributed by atoms with Gasteiger partial charge in [0.15, 0.2) is 0 Å². The third-order valence-electron chi connectivity index (χ3n) is 4.62. The number of anilines is 1. The first-order chi connectivity index (χ1) is 11.5. The fraction of sp³-hybridized carbons (Fsp3) is 0.556. The second-order valence-electron chi connectivity index (χ2n) is 6.88. The second kappa shape index (κ2) is 7.57. The molecule has 130 valence electrons. The second-order valence-corrected chi connectivity index (χ2v) is 7.88. The van der Waals surface area contributed by atoms with Gasteiger partial charge in [-0.25, -0.2) is 0 Å². The summed E-state index contributed by atoms with van der Waals surface area (Å²) in [4.78, 5) is 29.0. The average Bonchev–Trinajstić information content (AvgIpc) is 2.94. The topological polar surface area (TPSA) is 52.7 Å². The van der Waals surface area contributed by atoms with Crippen molar-refractivity contribution in [2.45, 2.75) is 31.8 Å². The molecule has 0 aromatic heterocycles. The molecule has 2 fully saturated rings. The van der Waals surface area contributed by atoms with Crippen molar-refractivity contribution in [1.82, 2.24) is 9.80 Å². The van der Waals surface area contributed by atoms with Crippen molar-refractivity contribution >= 4 is 29.3 Å². The van der Waals surface area contributed by atoms with Crippen LogP contribution in [0.2, 0.25) is 0 Å². The Kier molecular flexibility index (Phi) is 5.46. The number of carbonyl (C=O) groups excluding carboxylic acids is 2. The van der Waals surface area contributed by atoms with E-state index in [2.05, 4.69) is 10.2 Å². The lowest BCUT2D eigenvalue weighted by atomic mass is 9.84. The van der Waals surface area contributed by atoms with Gasteiger partial charge in [0.25, 0.3) is 0 Å². The van der Waals surface area contributed by atoms with Crippen LogP contribution < -0.4 is 5.32 Å². The molecule has 1 atom stereocenters. The van der Waals surface area contributed by atoms with E-state index in [-0.39, 0.29) is 23.8 Å². The van der Waals surface area contributed by atoms with E-state index in [1.165, 1.54) is 0 Å². The monoisotopic (exact) mass is 347 g/mol. The van der Waals surface area contributed by atoms with Crippen LogP contribution in [0.15, 0.2) is 24.3 Å². The molecule has 1 aromatic carbocycles. The Morgan fingerprint density at radius 2 is 2.12 bits per heavy atom. The Hall–Kier alpha value is -1.53. The number of nitrogens with zero attached hydrogens (tertiary/aromatic N) is 2. The van der Waals surface area contributed by atoms with E-state index in [4.69, 9.17) is 0 Å². The maximum absolute atomic E-state index is 12.7. The van der Waals surface area contributed by atoms with Gasteiger partial charge in [0, 0.05) is 23.9 Å². The predicted molar refractivity (Wildman–Crippen MR) is 97.8 cm³/mol. The molecule has 1 saturated heterocycles. The summed E-state index contributed by atoms with van der Waals surface area (Å²) >= 11 is 1.66. The molecule has 0 spiro atoms. The van der Waals surface area contributed by atoms with Crippen LogP contribution in [0.25, 0.3) is 0 Å². The largest absolute Gasteiger partial charge is 0.324 e. The summed E-state index contributed by atoms with van der Waals surface area (Å²) in [6, 6.07) is 7.55. The Morgan fingerprint density at radius 1 is 1.33 bits per heavy atom. The van der Waals surface area contributed by atoms with Crippen LogP contribution in [0.4, 0.5) is 5.69 Å². The maximum atomic E-state index is 12.7.